The van der Waals surface area contributed by atoms with E-state index in [9.17, 15) is 14.7 Å². The number of nitrogens with one attached hydrogen (secondary N) is 2. The number of anilines is 1. The van der Waals surface area contributed by atoms with E-state index in [0.717, 1.165) is 18.4 Å². The zero-order valence-corrected chi connectivity index (χ0v) is 19.1. The molecule has 1 aromatic rings. The third-order valence-electron chi connectivity index (χ3n) is 6.89. The number of aliphatic hydroxyl groups is 1. The van der Waals surface area contributed by atoms with Crippen LogP contribution in [0.5, 0.6) is 0 Å². The van der Waals surface area contributed by atoms with Gasteiger partial charge in [-0.25, -0.2) is 10.2 Å². The van der Waals surface area contributed by atoms with E-state index in [0.29, 0.717) is 36.2 Å². The third-order valence-corrected chi connectivity index (χ3v) is 6.89. The molecular formula is C25H33N3O3. The molecule has 1 aromatic carbocycles. The summed E-state index contributed by atoms with van der Waals surface area (Å²) in [6.45, 7) is 10.5. The standard InChI is InChI=1S/C25H33N3O3/c1-22(2)13-24(5)12-16-11-23(3,4)20(19(29)18(16)25(31,14-22)15-24)27-28-21(30)26-17-9-7-6-8-10-17/h6-10,31H,11-15H2,1-5H3,(H2,26,28,30)/t24-,25-/m0/s1. The molecule has 4 rings (SSSR count). The maximum atomic E-state index is 13.6. The van der Waals surface area contributed by atoms with E-state index in [4.69, 9.17) is 0 Å². The fourth-order valence-electron chi connectivity index (χ4n) is 6.63. The zero-order valence-electron chi connectivity index (χ0n) is 19.1. The van der Waals surface area contributed by atoms with Crippen LogP contribution in [-0.2, 0) is 4.79 Å². The predicted octanol–water partition coefficient (Wildman–Crippen LogP) is 4.81. The number of carbonyl (C=O) groups excluding carboxylic acids is 2. The van der Waals surface area contributed by atoms with Crippen LogP contribution in [0.25, 0.3) is 0 Å². The number of fused-ring (bicyclic) bond motifs is 3. The molecule has 0 heterocycles. The third kappa shape index (κ3) is 4.05. The van der Waals surface area contributed by atoms with Crippen molar-refractivity contribution >= 4 is 23.2 Å². The Kier molecular flexibility index (Phi) is 4.93. The minimum atomic E-state index is -1.13. The van der Waals surface area contributed by atoms with Crippen LogP contribution >= 0.6 is 0 Å². The number of para-hydroxylation sites is 1. The van der Waals surface area contributed by atoms with E-state index in [1.165, 1.54) is 0 Å². The molecular weight excluding hydrogens is 390 g/mol. The molecule has 3 aliphatic carbocycles. The predicted molar refractivity (Wildman–Crippen MR) is 122 cm³/mol. The fraction of sp³-hybridized carbons (Fsp3) is 0.560. The summed E-state index contributed by atoms with van der Waals surface area (Å²) in [6, 6.07) is 8.57. The quantitative estimate of drug-likeness (QED) is 0.596. The molecule has 6 heteroatoms. The first-order valence-corrected chi connectivity index (χ1v) is 11.0. The van der Waals surface area contributed by atoms with Gasteiger partial charge in [-0.2, -0.15) is 5.10 Å². The van der Waals surface area contributed by atoms with E-state index in [1.54, 1.807) is 12.1 Å². The van der Waals surface area contributed by atoms with Crippen molar-refractivity contribution in [3.63, 3.8) is 0 Å². The topological polar surface area (TPSA) is 90.8 Å². The number of carbonyl (C=O) groups is 2. The molecule has 3 N–H and O–H groups in total. The second-order valence-electron chi connectivity index (χ2n) is 11.5. The number of nitrogens with zero attached hydrogens (tertiary/aromatic N) is 1. The molecule has 0 unspecified atom stereocenters. The highest BCUT2D eigenvalue weighted by Crippen LogP contribution is 2.61. The largest absolute Gasteiger partial charge is 0.385 e. The Morgan fingerprint density at radius 2 is 1.68 bits per heavy atom. The van der Waals surface area contributed by atoms with Gasteiger partial charge in [-0.3, -0.25) is 4.79 Å². The number of allylic oxidation sites excluding steroid dienone is 1. The molecule has 0 radical (unpaired) electrons. The van der Waals surface area contributed by atoms with Gasteiger partial charge in [0.2, 0.25) is 5.78 Å². The molecule has 3 aliphatic rings. The number of urea groups is 1. The molecule has 6 nitrogen and oxygen atoms in total. The van der Waals surface area contributed by atoms with Gasteiger partial charge in [-0.1, -0.05) is 58.4 Å². The highest BCUT2D eigenvalue weighted by Gasteiger charge is 2.58. The average Bonchev–Trinajstić information content (AvgIpc) is 2.57. The van der Waals surface area contributed by atoms with Gasteiger partial charge in [0.1, 0.15) is 5.71 Å². The van der Waals surface area contributed by atoms with Crippen molar-refractivity contribution in [3.8, 4) is 0 Å². The zero-order chi connectivity index (χ0) is 22.7. The first kappa shape index (κ1) is 21.8. The van der Waals surface area contributed by atoms with Crippen molar-refractivity contribution < 1.29 is 14.7 Å². The van der Waals surface area contributed by atoms with Crippen LogP contribution in [-0.4, -0.2) is 28.2 Å². The number of ketones is 1. The van der Waals surface area contributed by atoms with E-state index >= 15 is 0 Å². The van der Waals surface area contributed by atoms with Gasteiger partial charge < -0.3 is 10.4 Å². The van der Waals surface area contributed by atoms with Gasteiger partial charge in [-0.05, 0) is 55.1 Å². The molecule has 0 spiro atoms. The number of hydrogen-bond donors (Lipinski definition) is 3. The van der Waals surface area contributed by atoms with Crippen LogP contribution in [0.1, 0.15) is 66.7 Å². The molecule has 1 saturated carbocycles. The summed E-state index contributed by atoms with van der Waals surface area (Å²) in [7, 11) is 0. The van der Waals surface area contributed by atoms with Crippen molar-refractivity contribution in [2.75, 3.05) is 5.32 Å². The molecule has 2 bridgehead atoms. The van der Waals surface area contributed by atoms with Gasteiger partial charge in [0.05, 0.1) is 5.60 Å². The molecule has 0 aliphatic heterocycles. The van der Waals surface area contributed by atoms with E-state index in [-0.39, 0.29) is 16.6 Å². The van der Waals surface area contributed by atoms with Crippen molar-refractivity contribution in [3.05, 3.63) is 41.5 Å². The van der Waals surface area contributed by atoms with Crippen molar-refractivity contribution in [2.24, 2.45) is 21.3 Å². The Morgan fingerprint density at radius 3 is 2.35 bits per heavy atom. The lowest BCUT2D eigenvalue weighted by Crippen LogP contribution is -2.56. The van der Waals surface area contributed by atoms with Crippen LogP contribution in [0, 0.1) is 16.2 Å². The fourth-order valence-corrected chi connectivity index (χ4v) is 6.63. The van der Waals surface area contributed by atoms with E-state index in [2.05, 4.69) is 36.6 Å². The smallest absolute Gasteiger partial charge is 0.339 e. The lowest BCUT2D eigenvalue weighted by atomic mass is 9.49. The summed E-state index contributed by atoms with van der Waals surface area (Å²) >= 11 is 0. The number of rotatable bonds is 2. The van der Waals surface area contributed by atoms with Crippen LogP contribution < -0.4 is 10.7 Å². The Bertz CT molecular complexity index is 993. The molecule has 166 valence electrons. The Balaban J connectivity index is 1.63. The Labute approximate surface area is 184 Å². The SMILES string of the molecule is CC1(C)C[C@]2(C)CC3=C(C(=O)C(=NNC(=O)Nc4ccccc4)C(C)(C)C3)[C@](O)(C1)C2. The minimum absolute atomic E-state index is 0.00579. The molecule has 31 heavy (non-hydrogen) atoms. The summed E-state index contributed by atoms with van der Waals surface area (Å²) < 4.78 is 0. The first-order valence-electron chi connectivity index (χ1n) is 11.0. The van der Waals surface area contributed by atoms with Gasteiger partial charge in [0.15, 0.2) is 0 Å². The Morgan fingerprint density at radius 1 is 1.00 bits per heavy atom. The molecule has 1 fully saturated rings. The van der Waals surface area contributed by atoms with Crippen molar-refractivity contribution in [1.29, 1.82) is 0 Å². The number of amides is 2. The maximum Gasteiger partial charge on any atom is 0.339 e. The number of hydrazone groups is 1. The normalized spacial score (nSPS) is 32.5. The number of hydrogen-bond acceptors (Lipinski definition) is 4. The average molecular weight is 424 g/mol. The first-order chi connectivity index (χ1) is 14.3. The monoisotopic (exact) mass is 423 g/mol. The molecule has 2 amide bonds. The highest BCUT2D eigenvalue weighted by atomic mass is 16.3. The lowest BCUT2D eigenvalue weighted by Gasteiger charge is -2.57. The van der Waals surface area contributed by atoms with Crippen LogP contribution in [0.15, 0.2) is 46.6 Å². The highest BCUT2D eigenvalue weighted by molar-refractivity contribution is 6.48. The van der Waals surface area contributed by atoms with Gasteiger partial charge in [0.25, 0.3) is 0 Å². The number of benzene rings is 1. The van der Waals surface area contributed by atoms with Crippen molar-refractivity contribution in [1.82, 2.24) is 5.43 Å². The molecule has 0 saturated heterocycles. The lowest BCUT2D eigenvalue weighted by molar-refractivity contribution is -0.119. The minimum Gasteiger partial charge on any atom is -0.385 e. The summed E-state index contributed by atoms with van der Waals surface area (Å²) in [5, 5.41) is 18.7. The summed E-state index contributed by atoms with van der Waals surface area (Å²) in [5.41, 5.74) is 3.32. The second-order valence-corrected chi connectivity index (χ2v) is 11.5. The Hall–Kier alpha value is -2.47. The second kappa shape index (κ2) is 7.02. The molecule has 2 atom stereocenters. The van der Waals surface area contributed by atoms with Gasteiger partial charge in [0, 0.05) is 16.7 Å². The summed E-state index contributed by atoms with van der Waals surface area (Å²) in [6.07, 6.45) is 3.70. The maximum absolute atomic E-state index is 13.6. The number of Topliss-reactive ketones (excluding diaryl/α,β-unsaturated/α-hetero) is 1. The van der Waals surface area contributed by atoms with Crippen LogP contribution in [0.4, 0.5) is 10.5 Å². The van der Waals surface area contributed by atoms with Gasteiger partial charge in [-0.15, -0.1) is 0 Å². The summed E-state index contributed by atoms with van der Waals surface area (Å²) in [4.78, 5) is 26.0. The van der Waals surface area contributed by atoms with Crippen LogP contribution in [0.3, 0.4) is 0 Å². The van der Waals surface area contributed by atoms with E-state index < -0.39 is 17.0 Å². The molecule has 0 aromatic heterocycles. The van der Waals surface area contributed by atoms with Gasteiger partial charge >= 0.3 is 6.03 Å². The van der Waals surface area contributed by atoms with E-state index in [1.807, 2.05) is 32.0 Å². The van der Waals surface area contributed by atoms with Crippen LogP contribution in [0.2, 0.25) is 0 Å². The van der Waals surface area contributed by atoms with Crippen molar-refractivity contribution in [2.45, 2.75) is 72.3 Å². The summed E-state index contributed by atoms with van der Waals surface area (Å²) in [5.74, 6) is -0.228.